The van der Waals surface area contributed by atoms with Gasteiger partial charge < -0.3 is 14.7 Å². The largest absolute Gasteiger partial charge is 0.481 e. The molecule has 1 aliphatic rings. The molecule has 0 bridgehead atoms. The third kappa shape index (κ3) is 3.36. The van der Waals surface area contributed by atoms with Gasteiger partial charge in [0.05, 0.1) is 29.8 Å². The van der Waals surface area contributed by atoms with Crippen molar-refractivity contribution in [1.29, 1.82) is 0 Å². The molecule has 1 aliphatic heterocycles. The lowest BCUT2D eigenvalue weighted by atomic mass is 10.0. The van der Waals surface area contributed by atoms with Crippen LogP contribution in [0.4, 0.5) is 0 Å². The first-order chi connectivity index (χ1) is 10.1. The monoisotopic (exact) mass is 311 g/mol. The molecule has 1 fully saturated rings. The molecule has 2 atom stereocenters. The van der Waals surface area contributed by atoms with E-state index in [0.29, 0.717) is 17.1 Å². The molecule has 0 aliphatic carbocycles. The summed E-state index contributed by atoms with van der Waals surface area (Å²) >= 11 is 6.07. The summed E-state index contributed by atoms with van der Waals surface area (Å²) in [6.45, 7) is 2.80. The van der Waals surface area contributed by atoms with Gasteiger partial charge in [0.1, 0.15) is 5.92 Å². The number of rotatable bonds is 5. The Morgan fingerprint density at radius 1 is 1.38 bits per heavy atom. The maximum absolute atomic E-state index is 12.7. The quantitative estimate of drug-likeness (QED) is 0.906. The second kappa shape index (κ2) is 6.91. The molecule has 1 amide bonds. The molecule has 5 nitrogen and oxygen atoms in total. The number of amides is 1. The first-order valence-corrected chi connectivity index (χ1v) is 7.30. The summed E-state index contributed by atoms with van der Waals surface area (Å²) in [4.78, 5) is 25.6. The fraction of sp³-hybridized carbons (Fsp3) is 0.467. The van der Waals surface area contributed by atoms with Crippen LogP contribution in [0.2, 0.25) is 5.02 Å². The molecule has 2 rings (SSSR count). The number of ether oxygens (including phenoxy) is 1. The number of hydrogen-bond donors (Lipinski definition) is 1. The molecule has 1 saturated heterocycles. The van der Waals surface area contributed by atoms with Crippen molar-refractivity contribution in [3.63, 3.8) is 0 Å². The number of hydrogen-bond acceptors (Lipinski definition) is 3. The molecule has 1 aromatic carbocycles. The Morgan fingerprint density at radius 3 is 2.71 bits per heavy atom. The number of carbonyl (C=O) groups excluding carboxylic acids is 1. The topological polar surface area (TPSA) is 66.8 Å². The zero-order chi connectivity index (χ0) is 15.4. The van der Waals surface area contributed by atoms with E-state index in [1.165, 1.54) is 0 Å². The van der Waals surface area contributed by atoms with E-state index < -0.39 is 17.9 Å². The van der Waals surface area contributed by atoms with E-state index in [9.17, 15) is 14.7 Å². The Bertz CT molecular complexity index is 534. The fourth-order valence-electron chi connectivity index (χ4n) is 2.53. The van der Waals surface area contributed by atoms with Gasteiger partial charge in [0.25, 0.3) is 5.91 Å². The van der Waals surface area contributed by atoms with Crippen LogP contribution in [0, 0.1) is 5.92 Å². The number of nitrogens with zero attached hydrogens (tertiary/aromatic N) is 1. The Hall–Kier alpha value is -1.59. The molecule has 2 unspecified atom stereocenters. The van der Waals surface area contributed by atoms with Crippen molar-refractivity contribution in [2.45, 2.75) is 19.4 Å². The van der Waals surface area contributed by atoms with E-state index in [0.717, 1.165) is 6.42 Å². The van der Waals surface area contributed by atoms with Crippen LogP contribution in [-0.4, -0.2) is 47.7 Å². The predicted molar refractivity (Wildman–Crippen MR) is 78.5 cm³/mol. The highest BCUT2D eigenvalue weighted by molar-refractivity contribution is 6.33. The second-order valence-electron chi connectivity index (χ2n) is 5.03. The maximum atomic E-state index is 12.7. The van der Waals surface area contributed by atoms with E-state index in [1.807, 2.05) is 6.92 Å². The van der Waals surface area contributed by atoms with Crippen molar-refractivity contribution in [3.8, 4) is 0 Å². The molecule has 0 spiro atoms. The summed E-state index contributed by atoms with van der Waals surface area (Å²) in [5.41, 5.74) is 0.392. The Morgan fingerprint density at radius 2 is 2.10 bits per heavy atom. The number of halogens is 1. The Balaban J connectivity index is 2.28. The molecule has 1 aromatic rings. The smallest absolute Gasteiger partial charge is 0.311 e. The summed E-state index contributed by atoms with van der Waals surface area (Å²) < 4.78 is 5.27. The second-order valence-corrected chi connectivity index (χ2v) is 5.44. The fourth-order valence-corrected chi connectivity index (χ4v) is 2.75. The van der Waals surface area contributed by atoms with Crippen molar-refractivity contribution in [3.05, 3.63) is 34.9 Å². The lowest BCUT2D eigenvalue weighted by molar-refractivity contribution is -0.142. The van der Waals surface area contributed by atoms with Gasteiger partial charge in [-0.2, -0.15) is 0 Å². The van der Waals surface area contributed by atoms with Crippen LogP contribution < -0.4 is 0 Å². The van der Waals surface area contributed by atoms with E-state index in [2.05, 4.69) is 0 Å². The van der Waals surface area contributed by atoms with Gasteiger partial charge in [0, 0.05) is 6.54 Å². The third-order valence-electron chi connectivity index (χ3n) is 3.60. The van der Waals surface area contributed by atoms with Gasteiger partial charge in [-0.15, -0.1) is 0 Å². The zero-order valence-corrected chi connectivity index (χ0v) is 12.5. The lowest BCUT2D eigenvalue weighted by Crippen LogP contribution is -2.47. The van der Waals surface area contributed by atoms with E-state index in [1.54, 1.807) is 29.2 Å². The van der Waals surface area contributed by atoms with E-state index in [-0.39, 0.29) is 19.1 Å². The van der Waals surface area contributed by atoms with Crippen LogP contribution >= 0.6 is 11.6 Å². The molecule has 6 heteroatoms. The average Bonchev–Trinajstić information content (AvgIpc) is 2.94. The van der Waals surface area contributed by atoms with E-state index in [4.69, 9.17) is 16.3 Å². The minimum atomic E-state index is -0.939. The normalized spacial score (nSPS) is 21.2. The van der Waals surface area contributed by atoms with Gasteiger partial charge in [-0.1, -0.05) is 30.7 Å². The van der Waals surface area contributed by atoms with Gasteiger partial charge in [0.15, 0.2) is 0 Å². The molecule has 0 aromatic heterocycles. The summed E-state index contributed by atoms with van der Waals surface area (Å²) in [5.74, 6) is -1.88. The van der Waals surface area contributed by atoms with Crippen molar-refractivity contribution < 1.29 is 19.4 Å². The number of benzene rings is 1. The molecule has 1 N–H and O–H groups in total. The van der Waals surface area contributed by atoms with Crippen molar-refractivity contribution >= 4 is 23.5 Å². The summed E-state index contributed by atoms with van der Waals surface area (Å²) in [6, 6.07) is 6.34. The maximum Gasteiger partial charge on any atom is 0.311 e. The number of carboxylic acids is 1. The van der Waals surface area contributed by atoms with Crippen molar-refractivity contribution in [2.24, 2.45) is 5.92 Å². The average molecular weight is 312 g/mol. The van der Waals surface area contributed by atoms with Gasteiger partial charge in [-0.25, -0.2) is 0 Å². The van der Waals surface area contributed by atoms with Crippen molar-refractivity contribution in [1.82, 2.24) is 4.90 Å². The minimum Gasteiger partial charge on any atom is -0.481 e. The highest BCUT2D eigenvalue weighted by Crippen LogP contribution is 2.24. The van der Waals surface area contributed by atoms with Crippen LogP contribution in [0.1, 0.15) is 23.7 Å². The van der Waals surface area contributed by atoms with Crippen LogP contribution in [0.5, 0.6) is 0 Å². The van der Waals surface area contributed by atoms with Gasteiger partial charge in [-0.05, 0) is 18.6 Å². The molecule has 114 valence electrons. The van der Waals surface area contributed by atoms with E-state index >= 15 is 0 Å². The predicted octanol–water partition coefficient (Wildman–Crippen LogP) is 2.29. The molecule has 1 heterocycles. The van der Waals surface area contributed by atoms with Crippen LogP contribution in [0.3, 0.4) is 0 Å². The molecule has 0 saturated carbocycles. The number of aliphatic carboxylic acids is 1. The van der Waals surface area contributed by atoms with Gasteiger partial charge >= 0.3 is 5.97 Å². The summed E-state index contributed by atoms with van der Waals surface area (Å²) in [7, 11) is 0. The Kier molecular flexibility index (Phi) is 5.20. The highest BCUT2D eigenvalue weighted by atomic mass is 35.5. The molecular weight excluding hydrogens is 294 g/mol. The standard InChI is InChI=1S/C15H18ClNO4/c1-2-7-17(13-9-21-8-11(13)15(19)20)14(18)10-5-3-4-6-12(10)16/h3-6,11,13H,2,7-9H2,1H3,(H,19,20). The number of carbonyl (C=O) groups is 2. The summed E-state index contributed by atoms with van der Waals surface area (Å²) in [6.07, 6.45) is 0.735. The highest BCUT2D eigenvalue weighted by Gasteiger charge is 2.40. The van der Waals surface area contributed by atoms with Crippen LogP contribution in [-0.2, 0) is 9.53 Å². The molecule has 0 radical (unpaired) electrons. The van der Waals surface area contributed by atoms with Crippen LogP contribution in [0.25, 0.3) is 0 Å². The SMILES string of the molecule is CCCN(C(=O)c1ccccc1Cl)C1COCC1C(=O)O. The lowest BCUT2D eigenvalue weighted by Gasteiger charge is -2.30. The van der Waals surface area contributed by atoms with Crippen molar-refractivity contribution in [2.75, 3.05) is 19.8 Å². The molecule has 21 heavy (non-hydrogen) atoms. The summed E-state index contributed by atoms with van der Waals surface area (Å²) in [5, 5.41) is 9.63. The third-order valence-corrected chi connectivity index (χ3v) is 3.93. The zero-order valence-electron chi connectivity index (χ0n) is 11.8. The van der Waals surface area contributed by atoms with Gasteiger partial charge in [0.2, 0.25) is 0 Å². The minimum absolute atomic E-state index is 0.135. The molecular formula is C15H18ClNO4. The first kappa shape index (κ1) is 15.8. The first-order valence-electron chi connectivity index (χ1n) is 6.92. The number of carboxylic acid groups (broad SMARTS) is 1. The Labute approximate surface area is 128 Å². The van der Waals surface area contributed by atoms with Gasteiger partial charge in [-0.3, -0.25) is 9.59 Å². The van der Waals surface area contributed by atoms with Crippen LogP contribution in [0.15, 0.2) is 24.3 Å².